The fraction of sp³-hybridized carbons (Fsp3) is 0.240. The summed E-state index contributed by atoms with van der Waals surface area (Å²) in [4.78, 5) is 28.1. The lowest BCUT2D eigenvalue weighted by atomic mass is 10.1. The molecule has 2 aromatic heterocycles. The first-order chi connectivity index (χ1) is 16.4. The van der Waals surface area contributed by atoms with Crippen molar-refractivity contribution in [2.24, 2.45) is 0 Å². The van der Waals surface area contributed by atoms with E-state index in [1.165, 1.54) is 18.3 Å². The predicted molar refractivity (Wildman–Crippen MR) is 131 cm³/mol. The van der Waals surface area contributed by atoms with Crippen molar-refractivity contribution in [2.45, 2.75) is 39.7 Å². The van der Waals surface area contributed by atoms with Crippen LogP contribution in [0.4, 0.5) is 5.13 Å². The van der Waals surface area contributed by atoms with Gasteiger partial charge in [-0.15, -0.1) is 21.5 Å². The minimum absolute atomic E-state index is 0.0661. The number of aromatic nitrogens is 3. The SMILES string of the molecule is CC(=O)NC(C)c1ccc(-c2csc(NC(=O)CCc3nnc(-c4ccc(C)cc4)o3)n2)cc1. The summed E-state index contributed by atoms with van der Waals surface area (Å²) >= 11 is 1.36. The molecule has 0 aliphatic carbocycles. The van der Waals surface area contributed by atoms with E-state index in [1.807, 2.05) is 67.8 Å². The van der Waals surface area contributed by atoms with E-state index < -0.39 is 0 Å². The van der Waals surface area contributed by atoms with Crippen molar-refractivity contribution in [2.75, 3.05) is 5.32 Å². The first-order valence-electron chi connectivity index (χ1n) is 10.9. The van der Waals surface area contributed by atoms with Crippen LogP contribution in [-0.4, -0.2) is 27.0 Å². The second-order valence-corrected chi connectivity index (χ2v) is 8.86. The van der Waals surface area contributed by atoms with Gasteiger partial charge in [-0.3, -0.25) is 9.59 Å². The molecule has 0 spiro atoms. The normalized spacial score (nSPS) is 11.7. The fourth-order valence-electron chi connectivity index (χ4n) is 3.36. The first kappa shape index (κ1) is 23.3. The minimum Gasteiger partial charge on any atom is -0.421 e. The topological polar surface area (TPSA) is 110 Å². The van der Waals surface area contributed by atoms with Crippen LogP contribution in [0.3, 0.4) is 0 Å². The van der Waals surface area contributed by atoms with Crippen LogP contribution in [0.15, 0.2) is 58.3 Å². The molecule has 0 aliphatic rings. The third kappa shape index (κ3) is 5.93. The molecule has 4 aromatic rings. The summed E-state index contributed by atoms with van der Waals surface area (Å²) < 4.78 is 5.68. The van der Waals surface area contributed by atoms with E-state index in [4.69, 9.17) is 4.42 Å². The summed E-state index contributed by atoms with van der Waals surface area (Å²) in [5.41, 5.74) is 4.72. The number of rotatable bonds is 8. The summed E-state index contributed by atoms with van der Waals surface area (Å²) in [6.07, 6.45) is 0.553. The van der Waals surface area contributed by atoms with Crippen LogP contribution < -0.4 is 10.6 Å². The first-order valence-corrected chi connectivity index (χ1v) is 11.8. The Labute approximate surface area is 201 Å². The maximum atomic E-state index is 12.4. The van der Waals surface area contributed by atoms with Crippen molar-refractivity contribution < 1.29 is 14.0 Å². The van der Waals surface area contributed by atoms with Crippen molar-refractivity contribution in [3.8, 4) is 22.7 Å². The molecule has 1 unspecified atom stereocenters. The van der Waals surface area contributed by atoms with Crippen LogP contribution >= 0.6 is 11.3 Å². The number of hydrogen-bond donors (Lipinski definition) is 2. The lowest BCUT2D eigenvalue weighted by Crippen LogP contribution is -2.23. The smallest absolute Gasteiger partial charge is 0.247 e. The third-order valence-corrected chi connectivity index (χ3v) is 5.97. The Morgan fingerprint density at radius 2 is 1.74 bits per heavy atom. The van der Waals surface area contributed by atoms with Gasteiger partial charge in [0, 0.05) is 36.3 Å². The predicted octanol–water partition coefficient (Wildman–Crippen LogP) is 4.94. The van der Waals surface area contributed by atoms with Crippen LogP contribution in [0.25, 0.3) is 22.7 Å². The van der Waals surface area contributed by atoms with Gasteiger partial charge in [0.2, 0.25) is 23.6 Å². The second kappa shape index (κ2) is 10.4. The van der Waals surface area contributed by atoms with Gasteiger partial charge < -0.3 is 15.1 Å². The highest BCUT2D eigenvalue weighted by Gasteiger charge is 2.13. The number of nitrogens with zero attached hydrogens (tertiary/aromatic N) is 3. The zero-order chi connectivity index (χ0) is 24.1. The van der Waals surface area contributed by atoms with Crippen LogP contribution in [0.2, 0.25) is 0 Å². The zero-order valence-electron chi connectivity index (χ0n) is 19.2. The van der Waals surface area contributed by atoms with Crippen LogP contribution in [0, 0.1) is 6.92 Å². The number of thiazole rings is 1. The van der Waals surface area contributed by atoms with Crippen LogP contribution in [0.5, 0.6) is 0 Å². The molecule has 0 saturated heterocycles. The van der Waals surface area contributed by atoms with Gasteiger partial charge in [-0.25, -0.2) is 4.98 Å². The Kier molecular flexibility index (Phi) is 7.12. The van der Waals surface area contributed by atoms with Crippen molar-refractivity contribution in [3.63, 3.8) is 0 Å². The van der Waals surface area contributed by atoms with E-state index in [2.05, 4.69) is 25.8 Å². The number of carbonyl (C=O) groups is 2. The monoisotopic (exact) mass is 475 g/mol. The molecule has 0 fully saturated rings. The molecular weight excluding hydrogens is 450 g/mol. The fourth-order valence-corrected chi connectivity index (χ4v) is 4.10. The number of hydrogen-bond acceptors (Lipinski definition) is 7. The maximum absolute atomic E-state index is 12.4. The van der Waals surface area contributed by atoms with E-state index in [0.717, 1.165) is 27.9 Å². The summed E-state index contributed by atoms with van der Waals surface area (Å²) in [5.74, 6) is 0.620. The Hall–Kier alpha value is -3.85. The molecular formula is C25H25N5O3S. The van der Waals surface area contributed by atoms with Gasteiger partial charge >= 0.3 is 0 Å². The highest BCUT2D eigenvalue weighted by Crippen LogP contribution is 2.26. The number of benzene rings is 2. The molecule has 174 valence electrons. The molecule has 0 bridgehead atoms. The average molecular weight is 476 g/mol. The van der Waals surface area contributed by atoms with Crippen molar-refractivity contribution in [1.82, 2.24) is 20.5 Å². The molecule has 2 N–H and O–H groups in total. The molecule has 4 rings (SSSR count). The number of amides is 2. The summed E-state index contributed by atoms with van der Waals surface area (Å²) in [7, 11) is 0. The Morgan fingerprint density at radius 3 is 2.44 bits per heavy atom. The van der Waals surface area contributed by atoms with E-state index >= 15 is 0 Å². The Bertz CT molecular complexity index is 1280. The van der Waals surface area contributed by atoms with Crippen LogP contribution in [0.1, 0.15) is 43.3 Å². The van der Waals surface area contributed by atoms with Gasteiger partial charge in [-0.1, -0.05) is 42.0 Å². The third-order valence-electron chi connectivity index (χ3n) is 5.21. The largest absolute Gasteiger partial charge is 0.421 e. The molecule has 2 amide bonds. The average Bonchev–Trinajstić information content (AvgIpc) is 3.48. The van der Waals surface area contributed by atoms with Crippen LogP contribution in [-0.2, 0) is 16.0 Å². The zero-order valence-corrected chi connectivity index (χ0v) is 20.0. The molecule has 9 heteroatoms. The molecule has 0 aliphatic heterocycles. The molecule has 0 saturated carbocycles. The molecule has 1 atom stereocenters. The Balaban J connectivity index is 1.30. The van der Waals surface area contributed by atoms with Crippen molar-refractivity contribution in [3.05, 3.63) is 70.9 Å². The van der Waals surface area contributed by atoms with E-state index in [9.17, 15) is 9.59 Å². The quantitative estimate of drug-likeness (QED) is 0.374. The summed E-state index contributed by atoms with van der Waals surface area (Å²) in [5, 5.41) is 16.2. The highest BCUT2D eigenvalue weighted by atomic mass is 32.1. The number of anilines is 1. The number of carbonyl (C=O) groups excluding carboxylic acids is 2. The van der Waals surface area contributed by atoms with Gasteiger partial charge in [0.15, 0.2) is 5.13 Å². The van der Waals surface area contributed by atoms with Crippen molar-refractivity contribution >= 4 is 28.3 Å². The molecule has 34 heavy (non-hydrogen) atoms. The van der Waals surface area contributed by atoms with E-state index in [0.29, 0.717) is 23.3 Å². The Morgan fingerprint density at radius 1 is 1.03 bits per heavy atom. The molecule has 0 radical (unpaired) electrons. The maximum Gasteiger partial charge on any atom is 0.247 e. The second-order valence-electron chi connectivity index (χ2n) is 8.00. The van der Waals surface area contributed by atoms with Gasteiger partial charge in [0.05, 0.1) is 11.7 Å². The molecule has 8 nitrogen and oxygen atoms in total. The highest BCUT2D eigenvalue weighted by molar-refractivity contribution is 7.14. The van der Waals surface area contributed by atoms with Crippen molar-refractivity contribution in [1.29, 1.82) is 0 Å². The minimum atomic E-state index is -0.171. The lowest BCUT2D eigenvalue weighted by Gasteiger charge is -2.12. The standard InChI is InChI=1S/C25H25N5O3S/c1-15-4-6-20(7-5-15)24-30-29-23(33-24)13-12-22(32)28-25-27-21(14-34-25)19-10-8-18(9-11-19)16(2)26-17(3)31/h4-11,14,16H,12-13H2,1-3H3,(H,26,31)(H,27,28,32). The molecule has 2 aromatic carbocycles. The number of aryl methyl sites for hydroxylation is 2. The molecule has 2 heterocycles. The van der Waals surface area contributed by atoms with Gasteiger partial charge in [0.1, 0.15) is 0 Å². The van der Waals surface area contributed by atoms with Gasteiger partial charge in [0.25, 0.3) is 0 Å². The summed E-state index contributed by atoms with van der Waals surface area (Å²) in [6, 6.07) is 15.6. The van der Waals surface area contributed by atoms with Gasteiger partial charge in [-0.05, 0) is 31.5 Å². The lowest BCUT2D eigenvalue weighted by molar-refractivity contribution is -0.119. The van der Waals surface area contributed by atoms with E-state index in [1.54, 1.807) is 0 Å². The van der Waals surface area contributed by atoms with Gasteiger partial charge in [-0.2, -0.15) is 0 Å². The van der Waals surface area contributed by atoms with E-state index in [-0.39, 0.29) is 24.3 Å². The summed E-state index contributed by atoms with van der Waals surface area (Å²) in [6.45, 7) is 5.45. The number of nitrogens with one attached hydrogen (secondary N) is 2.